The van der Waals surface area contributed by atoms with E-state index in [0.717, 1.165) is 0 Å². The van der Waals surface area contributed by atoms with Gasteiger partial charge in [-0.3, -0.25) is 14.9 Å². The van der Waals surface area contributed by atoms with Crippen LogP contribution in [-0.4, -0.2) is 36.4 Å². The third-order valence-corrected chi connectivity index (χ3v) is 3.46. The number of non-ortho nitro benzene ring substituents is 1. The summed E-state index contributed by atoms with van der Waals surface area (Å²) in [6, 6.07) is 8.76. The van der Waals surface area contributed by atoms with Crippen molar-refractivity contribution in [2.24, 2.45) is 0 Å². The standard InChI is InChI=1S/C15H11N5O4/c1-8(21)12-6-10(15-16-18-19-17-15)7-13(14(12)22)9-3-2-4-11(5-9)20(23)24/h2-7,22H,1H3,(H,16,17,18,19). The molecule has 9 heteroatoms. The maximum Gasteiger partial charge on any atom is 0.270 e. The zero-order chi connectivity index (χ0) is 17.3. The molecular formula is C15H11N5O4. The number of nitro benzene ring substituents is 1. The van der Waals surface area contributed by atoms with Crippen molar-refractivity contribution in [3.63, 3.8) is 0 Å². The van der Waals surface area contributed by atoms with Gasteiger partial charge in [0.2, 0.25) is 5.82 Å². The molecule has 2 N–H and O–H groups in total. The van der Waals surface area contributed by atoms with Crippen molar-refractivity contribution >= 4 is 11.5 Å². The van der Waals surface area contributed by atoms with Crippen LogP contribution in [-0.2, 0) is 0 Å². The predicted molar refractivity (Wildman–Crippen MR) is 83.4 cm³/mol. The van der Waals surface area contributed by atoms with Gasteiger partial charge in [0.1, 0.15) is 5.75 Å². The minimum atomic E-state index is -0.532. The molecule has 0 bridgehead atoms. The van der Waals surface area contributed by atoms with Gasteiger partial charge in [0.05, 0.1) is 10.5 Å². The van der Waals surface area contributed by atoms with E-state index in [4.69, 9.17) is 0 Å². The maximum absolute atomic E-state index is 11.8. The Morgan fingerprint density at radius 1 is 1.25 bits per heavy atom. The number of aromatic hydroxyl groups is 1. The molecule has 1 heterocycles. The molecule has 0 aliphatic rings. The number of nitro groups is 1. The van der Waals surface area contributed by atoms with Crippen LogP contribution >= 0.6 is 0 Å². The number of benzene rings is 2. The number of tetrazole rings is 1. The summed E-state index contributed by atoms with van der Waals surface area (Å²) < 4.78 is 0. The number of carbonyl (C=O) groups is 1. The summed E-state index contributed by atoms with van der Waals surface area (Å²) >= 11 is 0. The van der Waals surface area contributed by atoms with Crippen molar-refractivity contribution in [1.29, 1.82) is 0 Å². The topological polar surface area (TPSA) is 135 Å². The molecule has 0 amide bonds. The highest BCUT2D eigenvalue weighted by Gasteiger charge is 2.18. The average molecular weight is 325 g/mol. The molecule has 24 heavy (non-hydrogen) atoms. The van der Waals surface area contributed by atoms with Gasteiger partial charge in [-0.05, 0) is 29.8 Å². The van der Waals surface area contributed by atoms with Crippen LogP contribution in [0.5, 0.6) is 5.75 Å². The number of hydrogen-bond acceptors (Lipinski definition) is 7. The number of carbonyl (C=O) groups excluding carboxylic acids is 1. The molecule has 0 spiro atoms. The second-order valence-electron chi connectivity index (χ2n) is 5.02. The zero-order valence-electron chi connectivity index (χ0n) is 12.4. The van der Waals surface area contributed by atoms with Crippen LogP contribution < -0.4 is 0 Å². The van der Waals surface area contributed by atoms with Crippen LogP contribution in [0.15, 0.2) is 36.4 Å². The minimum absolute atomic E-state index is 0.0683. The Bertz CT molecular complexity index is 937. The summed E-state index contributed by atoms with van der Waals surface area (Å²) in [6.45, 7) is 1.31. The first-order chi connectivity index (χ1) is 11.5. The van der Waals surface area contributed by atoms with Gasteiger partial charge in [-0.1, -0.05) is 12.1 Å². The first kappa shape index (κ1) is 15.3. The summed E-state index contributed by atoms with van der Waals surface area (Å²) in [5.74, 6) is -0.371. The number of aromatic nitrogens is 4. The Morgan fingerprint density at radius 3 is 2.67 bits per heavy atom. The Morgan fingerprint density at radius 2 is 2.04 bits per heavy atom. The largest absolute Gasteiger partial charge is 0.507 e. The Kier molecular flexibility index (Phi) is 3.74. The summed E-state index contributed by atoms with van der Waals surface area (Å²) in [5.41, 5.74) is 1.06. The zero-order valence-corrected chi connectivity index (χ0v) is 12.4. The van der Waals surface area contributed by atoms with E-state index >= 15 is 0 Å². The van der Waals surface area contributed by atoms with Crippen LogP contribution in [0, 0.1) is 10.1 Å². The fourth-order valence-corrected chi connectivity index (χ4v) is 2.32. The number of ketones is 1. The van der Waals surface area contributed by atoms with Gasteiger partial charge in [0.15, 0.2) is 5.78 Å². The number of nitrogens with zero attached hydrogens (tertiary/aromatic N) is 4. The van der Waals surface area contributed by atoms with Gasteiger partial charge in [0, 0.05) is 23.3 Å². The molecule has 3 rings (SSSR count). The number of phenolic OH excluding ortho intramolecular Hbond substituents is 1. The molecular weight excluding hydrogens is 314 g/mol. The molecule has 1 aromatic heterocycles. The van der Waals surface area contributed by atoms with E-state index in [9.17, 15) is 20.0 Å². The van der Waals surface area contributed by atoms with E-state index in [1.54, 1.807) is 12.1 Å². The number of nitrogens with one attached hydrogen (secondary N) is 1. The third kappa shape index (κ3) is 2.70. The molecule has 0 aliphatic heterocycles. The minimum Gasteiger partial charge on any atom is -0.507 e. The summed E-state index contributed by atoms with van der Waals surface area (Å²) in [7, 11) is 0. The molecule has 0 unspecified atom stereocenters. The van der Waals surface area contributed by atoms with Crippen molar-refractivity contribution in [3.05, 3.63) is 52.1 Å². The number of hydrogen-bond donors (Lipinski definition) is 2. The van der Waals surface area contributed by atoms with Gasteiger partial charge in [-0.2, -0.15) is 5.21 Å². The van der Waals surface area contributed by atoms with Gasteiger partial charge < -0.3 is 5.11 Å². The molecule has 0 fully saturated rings. The van der Waals surface area contributed by atoms with Crippen LogP contribution in [0.1, 0.15) is 17.3 Å². The molecule has 2 aromatic carbocycles. The summed E-state index contributed by atoms with van der Waals surface area (Å²) in [5, 5.41) is 34.8. The molecule has 0 saturated heterocycles. The SMILES string of the molecule is CC(=O)c1cc(-c2nn[nH]n2)cc(-c2cccc([N+](=O)[O-])c2)c1O. The quantitative estimate of drug-likeness (QED) is 0.427. The molecule has 0 atom stereocenters. The Hall–Kier alpha value is -3.62. The van der Waals surface area contributed by atoms with E-state index in [1.165, 1.54) is 31.2 Å². The smallest absolute Gasteiger partial charge is 0.270 e. The fourth-order valence-electron chi connectivity index (χ4n) is 2.32. The number of rotatable bonds is 4. The fraction of sp³-hybridized carbons (Fsp3) is 0.0667. The molecule has 9 nitrogen and oxygen atoms in total. The van der Waals surface area contributed by atoms with Gasteiger partial charge in [-0.15, -0.1) is 10.2 Å². The lowest BCUT2D eigenvalue weighted by Gasteiger charge is -2.10. The van der Waals surface area contributed by atoms with E-state index in [-0.39, 0.29) is 34.2 Å². The van der Waals surface area contributed by atoms with E-state index in [2.05, 4.69) is 20.6 Å². The number of Topliss-reactive ketones (excluding diaryl/α,β-unsaturated/α-hetero) is 1. The van der Waals surface area contributed by atoms with Crippen molar-refractivity contribution in [2.75, 3.05) is 0 Å². The van der Waals surface area contributed by atoms with Crippen molar-refractivity contribution in [2.45, 2.75) is 6.92 Å². The Labute approximate surface area is 135 Å². The second kappa shape index (κ2) is 5.88. The molecule has 0 radical (unpaired) electrons. The summed E-state index contributed by atoms with van der Waals surface area (Å²) in [6.07, 6.45) is 0. The normalized spacial score (nSPS) is 10.5. The van der Waals surface area contributed by atoms with Crippen molar-refractivity contribution < 1.29 is 14.8 Å². The molecule has 0 aliphatic carbocycles. The predicted octanol–water partition coefficient (Wildman–Crippen LogP) is 2.35. The lowest BCUT2D eigenvalue weighted by Crippen LogP contribution is -1.97. The number of phenols is 1. The maximum atomic E-state index is 11.8. The second-order valence-corrected chi connectivity index (χ2v) is 5.02. The Balaban J connectivity index is 2.25. The number of aromatic amines is 1. The first-order valence-electron chi connectivity index (χ1n) is 6.84. The van der Waals surface area contributed by atoms with E-state index in [1.807, 2.05) is 0 Å². The molecule has 3 aromatic rings. The highest BCUT2D eigenvalue weighted by molar-refractivity contribution is 6.00. The van der Waals surface area contributed by atoms with Crippen LogP contribution in [0.3, 0.4) is 0 Å². The lowest BCUT2D eigenvalue weighted by atomic mass is 9.96. The van der Waals surface area contributed by atoms with Crippen LogP contribution in [0.25, 0.3) is 22.5 Å². The third-order valence-electron chi connectivity index (χ3n) is 3.46. The monoisotopic (exact) mass is 325 g/mol. The lowest BCUT2D eigenvalue weighted by molar-refractivity contribution is -0.384. The number of H-pyrrole nitrogens is 1. The van der Waals surface area contributed by atoms with Crippen LogP contribution in [0.2, 0.25) is 0 Å². The van der Waals surface area contributed by atoms with Crippen molar-refractivity contribution in [3.8, 4) is 28.3 Å². The summed E-state index contributed by atoms with van der Waals surface area (Å²) in [4.78, 5) is 22.2. The average Bonchev–Trinajstić information content (AvgIpc) is 3.09. The van der Waals surface area contributed by atoms with E-state index < -0.39 is 4.92 Å². The molecule has 0 saturated carbocycles. The van der Waals surface area contributed by atoms with Gasteiger partial charge in [0.25, 0.3) is 5.69 Å². The van der Waals surface area contributed by atoms with Gasteiger partial charge in [-0.25, -0.2) is 0 Å². The van der Waals surface area contributed by atoms with Crippen LogP contribution in [0.4, 0.5) is 5.69 Å². The highest BCUT2D eigenvalue weighted by atomic mass is 16.6. The van der Waals surface area contributed by atoms with E-state index in [0.29, 0.717) is 11.1 Å². The van der Waals surface area contributed by atoms with Gasteiger partial charge >= 0.3 is 0 Å². The van der Waals surface area contributed by atoms with Crippen molar-refractivity contribution in [1.82, 2.24) is 20.6 Å². The highest BCUT2D eigenvalue weighted by Crippen LogP contribution is 2.37. The molecule has 120 valence electrons. The first-order valence-corrected chi connectivity index (χ1v) is 6.84.